The van der Waals surface area contributed by atoms with E-state index in [0.29, 0.717) is 6.07 Å². The van der Waals surface area contributed by atoms with Gasteiger partial charge in [-0.3, -0.25) is 4.79 Å². The first-order chi connectivity index (χ1) is 8.12. The lowest BCUT2D eigenvalue weighted by molar-refractivity contribution is -0.138. The average molecular weight is 268 g/mol. The second-order valence-corrected chi connectivity index (χ2v) is 3.60. The minimum absolute atomic E-state index is 0.0356. The van der Waals surface area contributed by atoms with Crippen LogP contribution in [-0.2, 0) is 6.18 Å². The van der Waals surface area contributed by atoms with E-state index < -0.39 is 35.4 Å². The van der Waals surface area contributed by atoms with Gasteiger partial charge in [-0.1, -0.05) is 0 Å². The number of rotatable bonds is 3. The molecule has 1 rings (SSSR count). The van der Waals surface area contributed by atoms with Gasteiger partial charge in [-0.15, -0.1) is 0 Å². The zero-order chi connectivity index (χ0) is 14.1. The molecule has 0 spiro atoms. The Morgan fingerprint density at radius 1 is 1.28 bits per heavy atom. The largest absolute Gasteiger partial charge is 0.435 e. The highest BCUT2D eigenvalue weighted by atomic mass is 19.4. The summed E-state index contributed by atoms with van der Waals surface area (Å²) in [6.45, 7) is -0.977. The number of aryl methyl sites for hydroxylation is 1. The minimum atomic E-state index is -4.81. The molecule has 0 aromatic heterocycles. The average Bonchev–Trinajstić information content (AvgIpc) is 2.17. The summed E-state index contributed by atoms with van der Waals surface area (Å²) in [6.07, 6.45) is -4.81. The molecule has 0 N–H and O–H groups in total. The molecule has 0 saturated carbocycles. The van der Waals surface area contributed by atoms with Crippen LogP contribution in [0.4, 0.5) is 22.0 Å². The van der Waals surface area contributed by atoms with Gasteiger partial charge in [0.15, 0.2) is 5.78 Å². The Labute approximate surface area is 99.4 Å². The molecule has 0 fully saturated rings. The quantitative estimate of drug-likeness (QED) is 0.615. The first-order valence-electron chi connectivity index (χ1n) is 4.80. The number of ketones is 1. The van der Waals surface area contributed by atoms with Crippen LogP contribution in [0.25, 0.3) is 0 Å². The summed E-state index contributed by atoms with van der Waals surface area (Å²) >= 11 is 0. The van der Waals surface area contributed by atoms with Crippen molar-refractivity contribution in [3.8, 4) is 5.75 Å². The first-order valence-corrected chi connectivity index (χ1v) is 4.80. The SMILES string of the molecule is CC(=O)c1cc(C)c(OC(F)F)cc1C(F)(F)F. The number of carbonyl (C=O) groups excluding carboxylic acids is 1. The molecule has 0 aliphatic heterocycles. The third kappa shape index (κ3) is 3.18. The molecule has 0 saturated heterocycles. The van der Waals surface area contributed by atoms with Crippen LogP contribution in [-0.4, -0.2) is 12.4 Å². The number of benzene rings is 1. The molecule has 0 unspecified atom stereocenters. The molecule has 2 nitrogen and oxygen atoms in total. The van der Waals surface area contributed by atoms with Crippen LogP contribution in [0.15, 0.2) is 12.1 Å². The highest BCUT2D eigenvalue weighted by Crippen LogP contribution is 2.36. The van der Waals surface area contributed by atoms with E-state index in [0.717, 1.165) is 13.0 Å². The number of hydrogen-bond donors (Lipinski definition) is 0. The smallest absolute Gasteiger partial charge is 0.417 e. The van der Waals surface area contributed by atoms with Crippen molar-refractivity contribution in [2.45, 2.75) is 26.6 Å². The van der Waals surface area contributed by atoms with E-state index in [1.807, 2.05) is 0 Å². The van der Waals surface area contributed by atoms with Crippen molar-refractivity contribution in [3.63, 3.8) is 0 Å². The lowest BCUT2D eigenvalue weighted by Gasteiger charge is -2.15. The fraction of sp³-hybridized carbons (Fsp3) is 0.364. The highest BCUT2D eigenvalue weighted by molar-refractivity contribution is 5.96. The molecule has 1 aromatic carbocycles. The molecule has 0 amide bonds. The molecule has 1 aromatic rings. The van der Waals surface area contributed by atoms with Crippen molar-refractivity contribution < 1.29 is 31.5 Å². The summed E-state index contributed by atoms with van der Waals surface area (Å²) in [5, 5.41) is 0. The van der Waals surface area contributed by atoms with E-state index >= 15 is 0 Å². The van der Waals surface area contributed by atoms with Crippen molar-refractivity contribution in [2.24, 2.45) is 0 Å². The van der Waals surface area contributed by atoms with Gasteiger partial charge in [-0.2, -0.15) is 22.0 Å². The highest BCUT2D eigenvalue weighted by Gasteiger charge is 2.35. The minimum Gasteiger partial charge on any atom is -0.435 e. The standard InChI is InChI=1S/C11H9F5O2/c1-5-3-7(6(2)17)8(11(14,15)16)4-9(5)18-10(12)13/h3-4,10H,1-2H3. The number of hydrogen-bond acceptors (Lipinski definition) is 2. The predicted molar refractivity (Wildman–Crippen MR) is 52.8 cm³/mol. The third-order valence-electron chi connectivity index (χ3n) is 2.22. The van der Waals surface area contributed by atoms with Gasteiger partial charge in [-0.25, -0.2) is 0 Å². The molecule has 0 radical (unpaired) electrons. The van der Waals surface area contributed by atoms with Crippen molar-refractivity contribution in [3.05, 3.63) is 28.8 Å². The summed E-state index contributed by atoms with van der Waals surface area (Å²) in [4.78, 5) is 11.1. The van der Waals surface area contributed by atoms with Gasteiger partial charge in [0.05, 0.1) is 5.56 Å². The Morgan fingerprint density at radius 3 is 2.22 bits per heavy atom. The van der Waals surface area contributed by atoms with Crippen molar-refractivity contribution in [1.29, 1.82) is 0 Å². The van der Waals surface area contributed by atoms with Gasteiger partial charge >= 0.3 is 12.8 Å². The Bertz CT molecular complexity index is 465. The van der Waals surface area contributed by atoms with Crippen LogP contribution in [0.3, 0.4) is 0 Å². The van der Waals surface area contributed by atoms with Gasteiger partial charge < -0.3 is 4.74 Å². The van der Waals surface area contributed by atoms with Crippen LogP contribution in [0.5, 0.6) is 5.75 Å². The second-order valence-electron chi connectivity index (χ2n) is 3.60. The summed E-state index contributed by atoms with van der Waals surface area (Å²) in [6, 6.07) is 1.31. The molecule has 0 bridgehead atoms. The number of halogens is 5. The van der Waals surface area contributed by atoms with Crippen LogP contribution in [0.1, 0.15) is 28.4 Å². The molecule has 18 heavy (non-hydrogen) atoms. The Morgan fingerprint density at radius 2 is 1.83 bits per heavy atom. The molecule has 100 valence electrons. The zero-order valence-electron chi connectivity index (χ0n) is 9.44. The molecule has 0 heterocycles. The number of Topliss-reactive ketones (excluding diaryl/α,β-unsaturated/α-hetero) is 1. The topological polar surface area (TPSA) is 26.3 Å². The van der Waals surface area contributed by atoms with Gasteiger partial charge in [0.1, 0.15) is 5.75 Å². The lowest BCUT2D eigenvalue weighted by atomic mass is 10.0. The fourth-order valence-electron chi connectivity index (χ4n) is 1.44. The predicted octanol–water partition coefficient (Wildman–Crippen LogP) is 3.82. The van der Waals surface area contributed by atoms with Gasteiger partial charge in [0.25, 0.3) is 0 Å². The van der Waals surface area contributed by atoms with E-state index in [4.69, 9.17) is 0 Å². The summed E-state index contributed by atoms with van der Waals surface area (Å²) in [5.41, 5.74) is -1.81. The van der Waals surface area contributed by atoms with E-state index in [2.05, 4.69) is 4.74 Å². The van der Waals surface area contributed by atoms with Crippen molar-refractivity contribution >= 4 is 5.78 Å². The van der Waals surface area contributed by atoms with Gasteiger partial charge in [-0.05, 0) is 31.5 Å². The van der Waals surface area contributed by atoms with E-state index in [-0.39, 0.29) is 5.56 Å². The Kier molecular flexibility index (Phi) is 3.93. The number of ether oxygens (including phenoxy) is 1. The molecule has 0 atom stereocenters. The van der Waals surface area contributed by atoms with Crippen LogP contribution < -0.4 is 4.74 Å². The maximum atomic E-state index is 12.7. The van der Waals surface area contributed by atoms with Crippen molar-refractivity contribution in [2.75, 3.05) is 0 Å². The third-order valence-corrected chi connectivity index (χ3v) is 2.22. The van der Waals surface area contributed by atoms with Crippen LogP contribution >= 0.6 is 0 Å². The van der Waals surface area contributed by atoms with Gasteiger partial charge in [0.2, 0.25) is 0 Å². The molecule has 7 heteroatoms. The zero-order valence-corrected chi connectivity index (χ0v) is 9.44. The van der Waals surface area contributed by atoms with E-state index in [9.17, 15) is 26.7 Å². The second kappa shape index (κ2) is 4.91. The number of carbonyl (C=O) groups is 1. The maximum Gasteiger partial charge on any atom is 0.417 e. The monoisotopic (exact) mass is 268 g/mol. The van der Waals surface area contributed by atoms with E-state index in [1.54, 1.807) is 0 Å². The number of alkyl halides is 5. The van der Waals surface area contributed by atoms with Crippen LogP contribution in [0, 0.1) is 6.92 Å². The lowest BCUT2D eigenvalue weighted by Crippen LogP contribution is -2.14. The molecule has 0 aliphatic carbocycles. The molecular formula is C11H9F5O2. The van der Waals surface area contributed by atoms with Crippen LogP contribution in [0.2, 0.25) is 0 Å². The molecule has 0 aliphatic rings. The molecular weight excluding hydrogens is 259 g/mol. The normalized spacial score (nSPS) is 11.8. The van der Waals surface area contributed by atoms with E-state index in [1.165, 1.54) is 6.92 Å². The fourth-order valence-corrected chi connectivity index (χ4v) is 1.44. The van der Waals surface area contributed by atoms with Gasteiger partial charge in [0, 0.05) is 5.56 Å². The summed E-state index contributed by atoms with van der Waals surface area (Å²) in [5.74, 6) is -1.39. The first kappa shape index (κ1) is 14.4. The Hall–Kier alpha value is -1.66. The Balaban J connectivity index is 3.41. The van der Waals surface area contributed by atoms with Crippen molar-refractivity contribution in [1.82, 2.24) is 0 Å². The summed E-state index contributed by atoms with van der Waals surface area (Å²) in [7, 11) is 0. The maximum absolute atomic E-state index is 12.7. The summed E-state index contributed by atoms with van der Waals surface area (Å²) < 4.78 is 66.0.